The van der Waals surface area contributed by atoms with Crippen molar-refractivity contribution >= 4 is 11.9 Å². The van der Waals surface area contributed by atoms with E-state index in [1.54, 1.807) is 32.2 Å². The SMILES string of the molecule is COc1ccc(-c2noc(CN3C(=O)N[C@](C)(c4ccc(C(C)(C)C)cc4)C3=O)n2)cc1OC. The van der Waals surface area contributed by atoms with Gasteiger partial charge in [0.25, 0.3) is 5.91 Å². The number of benzene rings is 2. The zero-order valence-corrected chi connectivity index (χ0v) is 20.1. The van der Waals surface area contributed by atoms with E-state index < -0.39 is 11.6 Å². The molecule has 1 aliphatic heterocycles. The molecule has 0 bridgehead atoms. The van der Waals surface area contributed by atoms with Crippen molar-refractivity contribution in [3.05, 3.63) is 59.5 Å². The van der Waals surface area contributed by atoms with Crippen LogP contribution in [0.4, 0.5) is 4.79 Å². The minimum atomic E-state index is -1.18. The molecule has 2 heterocycles. The molecule has 178 valence electrons. The van der Waals surface area contributed by atoms with Crippen molar-refractivity contribution in [1.82, 2.24) is 20.4 Å². The number of hydrogen-bond acceptors (Lipinski definition) is 7. The third-order valence-electron chi connectivity index (χ3n) is 6.01. The van der Waals surface area contributed by atoms with Crippen LogP contribution in [0.3, 0.4) is 0 Å². The van der Waals surface area contributed by atoms with Crippen molar-refractivity contribution < 1.29 is 23.6 Å². The summed E-state index contributed by atoms with van der Waals surface area (Å²) in [7, 11) is 3.09. The van der Waals surface area contributed by atoms with Crippen LogP contribution < -0.4 is 14.8 Å². The molecular weight excluding hydrogens is 436 g/mol. The Hall–Kier alpha value is -3.88. The Balaban J connectivity index is 1.54. The van der Waals surface area contributed by atoms with Gasteiger partial charge in [-0.25, -0.2) is 4.79 Å². The lowest BCUT2D eigenvalue weighted by Gasteiger charge is -2.24. The molecule has 0 aliphatic carbocycles. The largest absolute Gasteiger partial charge is 0.493 e. The van der Waals surface area contributed by atoms with Crippen LogP contribution in [0.1, 0.15) is 44.7 Å². The third kappa shape index (κ3) is 4.09. The van der Waals surface area contributed by atoms with E-state index in [9.17, 15) is 9.59 Å². The average molecular weight is 465 g/mol. The van der Waals surface area contributed by atoms with Gasteiger partial charge in [-0.3, -0.25) is 9.69 Å². The molecule has 1 N–H and O–H groups in total. The third-order valence-corrected chi connectivity index (χ3v) is 6.01. The summed E-state index contributed by atoms with van der Waals surface area (Å²) < 4.78 is 15.9. The first-order chi connectivity index (χ1) is 16.1. The molecule has 9 nitrogen and oxygen atoms in total. The maximum Gasteiger partial charge on any atom is 0.325 e. The fourth-order valence-corrected chi connectivity index (χ4v) is 3.89. The summed E-state index contributed by atoms with van der Waals surface area (Å²) >= 11 is 0. The number of urea groups is 1. The topological polar surface area (TPSA) is 107 Å². The van der Waals surface area contributed by atoms with Gasteiger partial charge in [-0.1, -0.05) is 50.2 Å². The van der Waals surface area contributed by atoms with E-state index >= 15 is 0 Å². The molecule has 3 amide bonds. The normalized spacial score (nSPS) is 18.2. The molecule has 0 saturated carbocycles. The number of methoxy groups -OCH3 is 2. The molecule has 1 atom stereocenters. The Labute approximate surface area is 198 Å². The lowest BCUT2D eigenvalue weighted by atomic mass is 9.84. The molecule has 9 heteroatoms. The standard InChI is InChI=1S/C25H28N4O5/c1-24(2,3)16-8-10-17(11-9-16)25(4)22(30)29(23(31)27-25)14-20-26-21(28-34-20)15-7-12-18(32-5)19(13-15)33-6/h7-13H,14H2,1-6H3,(H,27,31)/t25-/m1/s1. The van der Waals surface area contributed by atoms with Gasteiger partial charge in [-0.05, 0) is 41.7 Å². The first-order valence-electron chi connectivity index (χ1n) is 10.9. The number of nitrogens with zero attached hydrogens (tertiary/aromatic N) is 3. The summed E-state index contributed by atoms with van der Waals surface area (Å²) in [4.78, 5) is 31.4. The Morgan fingerprint density at radius 3 is 2.32 bits per heavy atom. The molecule has 1 fully saturated rings. The number of nitrogens with one attached hydrogen (secondary N) is 1. The fraction of sp³-hybridized carbons (Fsp3) is 0.360. The van der Waals surface area contributed by atoms with Crippen molar-refractivity contribution in [2.45, 2.75) is 45.2 Å². The van der Waals surface area contributed by atoms with Crippen LogP contribution >= 0.6 is 0 Å². The number of carbonyl (C=O) groups excluding carboxylic acids is 2. The van der Waals surface area contributed by atoms with Crippen molar-refractivity contribution in [2.24, 2.45) is 0 Å². The summed E-state index contributed by atoms with van der Waals surface area (Å²) in [5.74, 6) is 1.16. The smallest absolute Gasteiger partial charge is 0.325 e. The lowest BCUT2D eigenvalue weighted by molar-refractivity contribution is -0.131. The first kappa shape index (κ1) is 23.3. The second-order valence-electron chi connectivity index (χ2n) is 9.36. The van der Waals surface area contributed by atoms with E-state index in [2.05, 4.69) is 36.2 Å². The Morgan fingerprint density at radius 2 is 1.71 bits per heavy atom. The van der Waals surface area contributed by atoms with E-state index in [0.29, 0.717) is 28.5 Å². The van der Waals surface area contributed by atoms with Crippen LogP contribution in [-0.2, 0) is 22.3 Å². The van der Waals surface area contributed by atoms with Crippen LogP contribution in [0.15, 0.2) is 47.0 Å². The van der Waals surface area contributed by atoms with Crippen LogP contribution in [0, 0.1) is 0 Å². The van der Waals surface area contributed by atoms with E-state index in [1.165, 1.54) is 7.11 Å². The molecule has 34 heavy (non-hydrogen) atoms. The highest BCUT2D eigenvalue weighted by atomic mass is 16.5. The molecule has 1 aromatic heterocycles. The van der Waals surface area contributed by atoms with Gasteiger partial charge in [-0.15, -0.1) is 0 Å². The highest BCUT2D eigenvalue weighted by Gasteiger charge is 2.49. The van der Waals surface area contributed by atoms with Crippen LogP contribution in [0.2, 0.25) is 0 Å². The predicted octanol–water partition coefficient (Wildman–Crippen LogP) is 4.02. The summed E-state index contributed by atoms with van der Waals surface area (Å²) in [6.45, 7) is 7.92. The minimum absolute atomic E-state index is 0.0159. The van der Waals surface area contributed by atoms with Gasteiger partial charge >= 0.3 is 6.03 Å². The van der Waals surface area contributed by atoms with Gasteiger partial charge in [-0.2, -0.15) is 4.98 Å². The molecule has 0 unspecified atom stereocenters. The van der Waals surface area contributed by atoms with Crippen LogP contribution in [0.25, 0.3) is 11.4 Å². The highest BCUT2D eigenvalue weighted by Crippen LogP contribution is 2.33. The summed E-state index contributed by atoms with van der Waals surface area (Å²) in [6.07, 6.45) is 0. The molecule has 0 radical (unpaired) electrons. The number of hydrogen-bond donors (Lipinski definition) is 1. The van der Waals surface area contributed by atoms with Gasteiger partial charge in [0.1, 0.15) is 12.1 Å². The number of rotatable bonds is 6. The minimum Gasteiger partial charge on any atom is -0.493 e. The molecule has 1 aliphatic rings. The number of aromatic nitrogens is 2. The fourth-order valence-electron chi connectivity index (χ4n) is 3.89. The second-order valence-corrected chi connectivity index (χ2v) is 9.36. The zero-order valence-electron chi connectivity index (χ0n) is 20.1. The Kier molecular flexibility index (Phi) is 5.80. The second kappa shape index (κ2) is 8.48. The maximum absolute atomic E-state index is 13.3. The van der Waals surface area contributed by atoms with Crippen molar-refractivity contribution in [3.63, 3.8) is 0 Å². The average Bonchev–Trinajstić information content (AvgIpc) is 3.37. The number of imide groups is 1. The van der Waals surface area contributed by atoms with E-state index in [0.717, 1.165) is 10.5 Å². The van der Waals surface area contributed by atoms with Gasteiger partial charge in [0.05, 0.1) is 14.2 Å². The molecule has 0 spiro atoms. The quantitative estimate of drug-likeness (QED) is 0.549. The van der Waals surface area contributed by atoms with Gasteiger partial charge in [0, 0.05) is 5.56 Å². The predicted molar refractivity (Wildman–Crippen MR) is 124 cm³/mol. The van der Waals surface area contributed by atoms with Crippen molar-refractivity contribution in [3.8, 4) is 22.9 Å². The van der Waals surface area contributed by atoms with Gasteiger partial charge in [0.15, 0.2) is 11.5 Å². The molecule has 2 aromatic carbocycles. The molecule has 4 rings (SSSR count). The summed E-state index contributed by atoms with van der Waals surface area (Å²) in [6, 6.07) is 12.4. The number of carbonyl (C=O) groups is 2. The maximum atomic E-state index is 13.3. The van der Waals surface area contributed by atoms with Crippen LogP contribution in [0.5, 0.6) is 11.5 Å². The van der Waals surface area contributed by atoms with Crippen molar-refractivity contribution in [1.29, 1.82) is 0 Å². The van der Waals surface area contributed by atoms with E-state index in [1.807, 2.05) is 24.3 Å². The van der Waals surface area contributed by atoms with Gasteiger partial charge in [0.2, 0.25) is 11.7 Å². The summed E-state index contributed by atoms with van der Waals surface area (Å²) in [5.41, 5.74) is 1.30. The Bertz CT molecular complexity index is 1230. The van der Waals surface area contributed by atoms with Crippen LogP contribution in [-0.4, -0.2) is 41.2 Å². The van der Waals surface area contributed by atoms with E-state index in [4.69, 9.17) is 14.0 Å². The summed E-state index contributed by atoms with van der Waals surface area (Å²) in [5, 5.41) is 6.79. The molecule has 3 aromatic rings. The number of ether oxygens (including phenoxy) is 2. The highest BCUT2D eigenvalue weighted by molar-refractivity contribution is 6.07. The lowest BCUT2D eigenvalue weighted by Crippen LogP contribution is -2.40. The Morgan fingerprint density at radius 1 is 1.03 bits per heavy atom. The van der Waals surface area contributed by atoms with E-state index in [-0.39, 0.29) is 23.8 Å². The molecule has 1 saturated heterocycles. The number of amides is 3. The zero-order chi connectivity index (χ0) is 24.7. The van der Waals surface area contributed by atoms with Crippen molar-refractivity contribution in [2.75, 3.05) is 14.2 Å². The first-order valence-corrected chi connectivity index (χ1v) is 10.9. The monoisotopic (exact) mass is 464 g/mol. The molecular formula is C25H28N4O5. The van der Waals surface area contributed by atoms with Gasteiger partial charge < -0.3 is 19.3 Å².